The van der Waals surface area contributed by atoms with Crippen LogP contribution in [0.2, 0.25) is 0 Å². The van der Waals surface area contributed by atoms with Crippen LogP contribution >= 0.6 is 0 Å². The first-order valence-corrected chi connectivity index (χ1v) is 8.79. The quantitative estimate of drug-likeness (QED) is 0.818. The molecule has 2 aliphatic heterocycles. The van der Waals surface area contributed by atoms with Gasteiger partial charge in [0.25, 0.3) is 0 Å². The highest BCUT2D eigenvalue weighted by Gasteiger charge is 2.36. The lowest BCUT2D eigenvalue weighted by Gasteiger charge is -2.34. The third-order valence-corrected chi connectivity index (χ3v) is 4.89. The fourth-order valence-corrected chi connectivity index (χ4v) is 3.95. The Bertz CT molecular complexity index is 481. The standard InChI is InChI=1S/C18H31N3O/c1-6-8-12(3)18-13(4)20-17(7-2)21-11-15(9-16(18)21)10-19-14(5)22/h12-13,15H,6-11H2,1-5H3,(H,19,22)/t12?,13-,15+/m0/s1. The van der Waals surface area contributed by atoms with Gasteiger partial charge in [0.2, 0.25) is 5.91 Å². The summed E-state index contributed by atoms with van der Waals surface area (Å²) in [5.41, 5.74) is 3.03. The molecule has 4 nitrogen and oxygen atoms in total. The van der Waals surface area contributed by atoms with Gasteiger partial charge in [-0.3, -0.25) is 9.79 Å². The predicted molar refractivity (Wildman–Crippen MR) is 91.8 cm³/mol. The zero-order chi connectivity index (χ0) is 16.3. The molecular weight excluding hydrogens is 274 g/mol. The summed E-state index contributed by atoms with van der Waals surface area (Å²) in [5.74, 6) is 2.39. The van der Waals surface area contributed by atoms with Crippen molar-refractivity contribution in [3.63, 3.8) is 0 Å². The number of fused-ring (bicyclic) bond motifs is 1. The third-order valence-electron chi connectivity index (χ3n) is 4.89. The number of nitrogens with zero attached hydrogens (tertiary/aromatic N) is 2. The van der Waals surface area contributed by atoms with Gasteiger partial charge in [0.1, 0.15) is 5.84 Å². The summed E-state index contributed by atoms with van der Waals surface area (Å²) < 4.78 is 0. The van der Waals surface area contributed by atoms with Crippen LogP contribution in [0, 0.1) is 11.8 Å². The van der Waals surface area contributed by atoms with Gasteiger partial charge < -0.3 is 10.2 Å². The summed E-state index contributed by atoms with van der Waals surface area (Å²) in [4.78, 5) is 18.6. The first-order chi connectivity index (χ1) is 10.5. The third kappa shape index (κ3) is 3.53. The molecule has 0 bridgehead atoms. The van der Waals surface area contributed by atoms with Gasteiger partial charge in [0.05, 0.1) is 6.04 Å². The molecular formula is C18H31N3O. The molecule has 0 saturated carbocycles. The highest BCUT2D eigenvalue weighted by atomic mass is 16.1. The van der Waals surface area contributed by atoms with Crippen LogP contribution in [0.4, 0.5) is 0 Å². The zero-order valence-corrected chi connectivity index (χ0v) is 14.8. The first kappa shape index (κ1) is 17.0. The number of allylic oxidation sites excluding steroid dienone is 1. The fraction of sp³-hybridized carbons (Fsp3) is 0.778. The Morgan fingerprint density at radius 1 is 1.45 bits per heavy atom. The summed E-state index contributed by atoms with van der Waals surface area (Å²) in [6.45, 7) is 12.4. The molecule has 1 amide bonds. The van der Waals surface area contributed by atoms with Crippen LogP contribution in [0.15, 0.2) is 16.3 Å². The van der Waals surface area contributed by atoms with Crippen molar-refractivity contribution in [1.82, 2.24) is 10.2 Å². The van der Waals surface area contributed by atoms with Crippen LogP contribution in [0.5, 0.6) is 0 Å². The van der Waals surface area contributed by atoms with Gasteiger partial charge in [0, 0.05) is 32.1 Å². The number of aliphatic imine (C=N–C) groups is 1. The average Bonchev–Trinajstić information content (AvgIpc) is 2.88. The highest BCUT2D eigenvalue weighted by Crippen LogP contribution is 2.38. The Morgan fingerprint density at radius 3 is 2.77 bits per heavy atom. The van der Waals surface area contributed by atoms with E-state index in [-0.39, 0.29) is 5.91 Å². The summed E-state index contributed by atoms with van der Waals surface area (Å²) in [7, 11) is 0. The Hall–Kier alpha value is -1.32. The normalized spacial score (nSPS) is 25.9. The molecule has 1 N–H and O–H groups in total. The van der Waals surface area contributed by atoms with E-state index in [1.807, 2.05) is 0 Å². The summed E-state index contributed by atoms with van der Waals surface area (Å²) in [6, 6.07) is 0.308. The molecule has 2 heterocycles. The Balaban J connectivity index is 2.23. The van der Waals surface area contributed by atoms with Crippen molar-refractivity contribution >= 4 is 11.7 Å². The summed E-state index contributed by atoms with van der Waals surface area (Å²) >= 11 is 0. The molecule has 124 valence electrons. The molecule has 0 spiro atoms. The number of carbonyl (C=O) groups excluding carboxylic acids is 1. The van der Waals surface area contributed by atoms with E-state index in [4.69, 9.17) is 4.99 Å². The number of rotatable bonds is 6. The lowest BCUT2D eigenvalue weighted by Crippen LogP contribution is -2.36. The molecule has 4 heteroatoms. The Kier molecular flexibility index (Phi) is 5.65. The van der Waals surface area contributed by atoms with E-state index >= 15 is 0 Å². The van der Waals surface area contributed by atoms with Crippen molar-refractivity contribution in [3.05, 3.63) is 11.3 Å². The van der Waals surface area contributed by atoms with Crippen molar-refractivity contribution in [2.45, 2.75) is 66.3 Å². The second-order valence-electron chi connectivity index (χ2n) is 6.78. The van der Waals surface area contributed by atoms with E-state index in [0.29, 0.717) is 17.9 Å². The smallest absolute Gasteiger partial charge is 0.216 e. The average molecular weight is 305 g/mol. The van der Waals surface area contributed by atoms with Gasteiger partial charge in [0.15, 0.2) is 0 Å². The zero-order valence-electron chi connectivity index (χ0n) is 14.8. The summed E-state index contributed by atoms with van der Waals surface area (Å²) in [6.07, 6.45) is 4.50. The minimum atomic E-state index is 0.0659. The molecule has 3 atom stereocenters. The molecule has 2 rings (SSSR count). The van der Waals surface area contributed by atoms with E-state index in [9.17, 15) is 4.79 Å². The van der Waals surface area contributed by atoms with Crippen LogP contribution in [0.25, 0.3) is 0 Å². The number of nitrogens with one attached hydrogen (secondary N) is 1. The Morgan fingerprint density at radius 2 is 2.18 bits per heavy atom. The minimum absolute atomic E-state index is 0.0659. The van der Waals surface area contributed by atoms with E-state index in [2.05, 4.69) is 37.9 Å². The van der Waals surface area contributed by atoms with Gasteiger partial charge in [-0.1, -0.05) is 27.2 Å². The lowest BCUT2D eigenvalue weighted by molar-refractivity contribution is -0.119. The molecule has 0 aliphatic carbocycles. The molecule has 22 heavy (non-hydrogen) atoms. The van der Waals surface area contributed by atoms with Crippen molar-refractivity contribution in [1.29, 1.82) is 0 Å². The topological polar surface area (TPSA) is 44.7 Å². The van der Waals surface area contributed by atoms with Crippen molar-refractivity contribution < 1.29 is 4.79 Å². The van der Waals surface area contributed by atoms with Crippen molar-refractivity contribution in [3.8, 4) is 0 Å². The molecule has 2 aliphatic rings. The van der Waals surface area contributed by atoms with Crippen LogP contribution < -0.4 is 5.32 Å². The van der Waals surface area contributed by atoms with E-state index in [1.165, 1.54) is 29.9 Å². The van der Waals surface area contributed by atoms with Crippen molar-refractivity contribution in [2.75, 3.05) is 13.1 Å². The highest BCUT2D eigenvalue weighted by molar-refractivity contribution is 5.86. The molecule has 1 fully saturated rings. The molecule has 0 aromatic carbocycles. The maximum atomic E-state index is 11.2. The van der Waals surface area contributed by atoms with Gasteiger partial charge in [-0.15, -0.1) is 0 Å². The monoisotopic (exact) mass is 305 g/mol. The number of amides is 1. The van der Waals surface area contributed by atoms with Crippen LogP contribution in [0.3, 0.4) is 0 Å². The fourth-order valence-electron chi connectivity index (χ4n) is 3.95. The van der Waals surface area contributed by atoms with E-state index in [1.54, 1.807) is 6.92 Å². The van der Waals surface area contributed by atoms with Crippen LogP contribution in [-0.4, -0.2) is 35.8 Å². The first-order valence-electron chi connectivity index (χ1n) is 8.79. The predicted octanol–water partition coefficient (Wildman–Crippen LogP) is 3.35. The van der Waals surface area contributed by atoms with Crippen LogP contribution in [-0.2, 0) is 4.79 Å². The molecule has 1 saturated heterocycles. The van der Waals surface area contributed by atoms with E-state index in [0.717, 1.165) is 25.9 Å². The Labute approximate surface area is 135 Å². The lowest BCUT2D eigenvalue weighted by atomic mass is 9.87. The molecule has 0 radical (unpaired) electrons. The number of carbonyl (C=O) groups is 1. The molecule has 0 aromatic rings. The van der Waals surface area contributed by atoms with Gasteiger partial charge >= 0.3 is 0 Å². The maximum Gasteiger partial charge on any atom is 0.216 e. The van der Waals surface area contributed by atoms with Crippen molar-refractivity contribution in [2.24, 2.45) is 16.8 Å². The largest absolute Gasteiger partial charge is 0.356 e. The van der Waals surface area contributed by atoms with E-state index < -0.39 is 0 Å². The SMILES string of the molecule is CCCC(C)C1=C2C[C@H](CNC(C)=O)CN2C(CC)=N[C@H]1C. The summed E-state index contributed by atoms with van der Waals surface area (Å²) in [5, 5.41) is 2.98. The molecule has 1 unspecified atom stereocenters. The van der Waals surface area contributed by atoms with Gasteiger partial charge in [-0.25, -0.2) is 0 Å². The second kappa shape index (κ2) is 7.30. The number of hydrogen-bond acceptors (Lipinski definition) is 3. The van der Waals surface area contributed by atoms with Gasteiger partial charge in [-0.2, -0.15) is 0 Å². The minimum Gasteiger partial charge on any atom is -0.356 e. The second-order valence-corrected chi connectivity index (χ2v) is 6.78. The van der Waals surface area contributed by atoms with Crippen LogP contribution in [0.1, 0.15) is 60.3 Å². The molecule has 0 aromatic heterocycles. The number of amidine groups is 1. The maximum absolute atomic E-state index is 11.2. The van der Waals surface area contributed by atoms with Gasteiger partial charge in [-0.05, 0) is 37.2 Å². The number of hydrogen-bond donors (Lipinski definition) is 1.